The number of halogens is 1. The Morgan fingerprint density at radius 2 is 2.20 bits per heavy atom. The summed E-state index contributed by atoms with van der Waals surface area (Å²) in [6.45, 7) is 0. The molecule has 0 bridgehead atoms. The zero-order valence-corrected chi connectivity index (χ0v) is 9.71. The largest absolute Gasteiger partial charge is 0.496 e. The van der Waals surface area contributed by atoms with E-state index in [1.807, 2.05) is 18.2 Å². The summed E-state index contributed by atoms with van der Waals surface area (Å²) in [5.74, 6) is 1.24. The van der Waals surface area contributed by atoms with Gasteiger partial charge in [-0.2, -0.15) is 5.10 Å². The SMILES string of the molecule is COc1ccc(Br)cc1-c1cc(N)n[nH]1. The molecular formula is C10H10BrN3O. The Hall–Kier alpha value is -1.49. The summed E-state index contributed by atoms with van der Waals surface area (Å²) in [5.41, 5.74) is 7.32. The number of aromatic nitrogens is 2. The standard InChI is InChI=1S/C10H10BrN3O/c1-15-9-3-2-6(11)4-7(9)8-5-10(12)14-13-8/h2-5H,1H3,(H3,12,13,14). The summed E-state index contributed by atoms with van der Waals surface area (Å²) < 4.78 is 6.23. The van der Waals surface area contributed by atoms with Gasteiger partial charge in [-0.25, -0.2) is 0 Å². The second-order valence-electron chi connectivity index (χ2n) is 3.05. The number of nitrogens with one attached hydrogen (secondary N) is 1. The molecule has 2 rings (SSSR count). The van der Waals surface area contributed by atoms with Gasteiger partial charge in [0.05, 0.1) is 12.8 Å². The third-order valence-electron chi connectivity index (χ3n) is 2.05. The summed E-state index contributed by atoms with van der Waals surface area (Å²) in [7, 11) is 1.63. The third-order valence-corrected chi connectivity index (χ3v) is 2.54. The molecule has 0 fully saturated rings. The van der Waals surface area contributed by atoms with Crippen LogP contribution in [0, 0.1) is 0 Å². The highest BCUT2D eigenvalue weighted by Crippen LogP contribution is 2.31. The highest BCUT2D eigenvalue weighted by molar-refractivity contribution is 9.10. The molecule has 1 heterocycles. The zero-order valence-electron chi connectivity index (χ0n) is 8.12. The van der Waals surface area contributed by atoms with Crippen LogP contribution in [0.3, 0.4) is 0 Å². The van der Waals surface area contributed by atoms with E-state index in [1.165, 1.54) is 0 Å². The van der Waals surface area contributed by atoms with Crippen LogP contribution < -0.4 is 10.5 Å². The molecule has 5 heteroatoms. The summed E-state index contributed by atoms with van der Waals surface area (Å²) in [6, 6.07) is 7.52. The number of ether oxygens (including phenoxy) is 1. The van der Waals surface area contributed by atoms with Gasteiger partial charge >= 0.3 is 0 Å². The summed E-state index contributed by atoms with van der Waals surface area (Å²) in [5, 5.41) is 6.73. The van der Waals surface area contributed by atoms with Gasteiger partial charge in [0, 0.05) is 16.1 Å². The van der Waals surface area contributed by atoms with E-state index < -0.39 is 0 Å². The molecule has 0 amide bonds. The van der Waals surface area contributed by atoms with Gasteiger partial charge in [0.2, 0.25) is 0 Å². The average Bonchev–Trinajstić information content (AvgIpc) is 2.65. The molecule has 0 saturated carbocycles. The van der Waals surface area contributed by atoms with Crippen LogP contribution in [0.4, 0.5) is 5.82 Å². The van der Waals surface area contributed by atoms with Gasteiger partial charge in [0.1, 0.15) is 11.6 Å². The van der Waals surface area contributed by atoms with Crippen LogP contribution in [-0.4, -0.2) is 17.3 Å². The number of anilines is 1. The Bertz CT molecular complexity index is 481. The van der Waals surface area contributed by atoms with Crippen molar-refractivity contribution in [2.45, 2.75) is 0 Å². The molecule has 0 aliphatic rings. The first kappa shape index (κ1) is 10.0. The van der Waals surface area contributed by atoms with Crippen LogP contribution in [0.5, 0.6) is 5.75 Å². The van der Waals surface area contributed by atoms with E-state index in [9.17, 15) is 0 Å². The van der Waals surface area contributed by atoms with Crippen molar-refractivity contribution in [1.29, 1.82) is 0 Å². The second-order valence-corrected chi connectivity index (χ2v) is 3.97. The molecule has 0 aliphatic heterocycles. The lowest BCUT2D eigenvalue weighted by Crippen LogP contribution is -1.88. The number of nitrogen functional groups attached to an aromatic ring is 1. The Labute approximate surface area is 95.6 Å². The molecule has 1 aromatic carbocycles. The topological polar surface area (TPSA) is 63.9 Å². The summed E-state index contributed by atoms with van der Waals surface area (Å²) in [4.78, 5) is 0. The fourth-order valence-corrected chi connectivity index (χ4v) is 1.73. The molecule has 0 aliphatic carbocycles. The lowest BCUT2D eigenvalue weighted by atomic mass is 10.1. The van der Waals surface area contributed by atoms with E-state index in [0.29, 0.717) is 5.82 Å². The fraction of sp³-hybridized carbons (Fsp3) is 0.100. The predicted molar refractivity (Wildman–Crippen MR) is 62.7 cm³/mol. The first-order valence-electron chi connectivity index (χ1n) is 4.35. The Balaban J connectivity index is 2.55. The molecular weight excluding hydrogens is 258 g/mol. The van der Waals surface area contributed by atoms with E-state index in [0.717, 1.165) is 21.5 Å². The van der Waals surface area contributed by atoms with Crippen LogP contribution >= 0.6 is 15.9 Å². The van der Waals surface area contributed by atoms with Crippen molar-refractivity contribution in [1.82, 2.24) is 10.2 Å². The van der Waals surface area contributed by atoms with Crippen molar-refractivity contribution in [3.05, 3.63) is 28.7 Å². The predicted octanol–water partition coefficient (Wildman–Crippen LogP) is 2.43. The van der Waals surface area contributed by atoms with Crippen LogP contribution in [-0.2, 0) is 0 Å². The second kappa shape index (κ2) is 3.94. The molecule has 0 saturated heterocycles. The molecule has 0 unspecified atom stereocenters. The van der Waals surface area contributed by atoms with Crippen molar-refractivity contribution in [2.75, 3.05) is 12.8 Å². The smallest absolute Gasteiger partial charge is 0.145 e. The van der Waals surface area contributed by atoms with E-state index in [1.54, 1.807) is 13.2 Å². The number of hydrogen-bond donors (Lipinski definition) is 2. The number of nitrogens with zero attached hydrogens (tertiary/aromatic N) is 1. The van der Waals surface area contributed by atoms with E-state index in [2.05, 4.69) is 26.1 Å². The van der Waals surface area contributed by atoms with Crippen molar-refractivity contribution in [3.8, 4) is 17.0 Å². The summed E-state index contributed by atoms with van der Waals surface area (Å²) in [6.07, 6.45) is 0. The molecule has 15 heavy (non-hydrogen) atoms. The summed E-state index contributed by atoms with van der Waals surface area (Å²) >= 11 is 3.41. The van der Waals surface area contributed by atoms with Crippen molar-refractivity contribution in [3.63, 3.8) is 0 Å². The lowest BCUT2D eigenvalue weighted by molar-refractivity contribution is 0.416. The highest BCUT2D eigenvalue weighted by Gasteiger charge is 2.08. The minimum Gasteiger partial charge on any atom is -0.496 e. The minimum absolute atomic E-state index is 0.465. The zero-order chi connectivity index (χ0) is 10.8. The van der Waals surface area contributed by atoms with Gasteiger partial charge in [-0.05, 0) is 18.2 Å². The first-order valence-corrected chi connectivity index (χ1v) is 5.15. The van der Waals surface area contributed by atoms with Crippen molar-refractivity contribution in [2.24, 2.45) is 0 Å². The van der Waals surface area contributed by atoms with Gasteiger partial charge in [-0.3, -0.25) is 5.10 Å². The first-order chi connectivity index (χ1) is 7.20. The van der Waals surface area contributed by atoms with Crippen LogP contribution in [0.15, 0.2) is 28.7 Å². The van der Waals surface area contributed by atoms with Crippen LogP contribution in [0.25, 0.3) is 11.3 Å². The molecule has 0 radical (unpaired) electrons. The average molecular weight is 268 g/mol. The minimum atomic E-state index is 0.465. The van der Waals surface area contributed by atoms with Crippen molar-refractivity contribution < 1.29 is 4.74 Å². The van der Waals surface area contributed by atoms with Gasteiger partial charge in [0.15, 0.2) is 0 Å². The van der Waals surface area contributed by atoms with Crippen LogP contribution in [0.2, 0.25) is 0 Å². The van der Waals surface area contributed by atoms with E-state index in [-0.39, 0.29) is 0 Å². The van der Waals surface area contributed by atoms with Gasteiger partial charge in [0.25, 0.3) is 0 Å². The van der Waals surface area contributed by atoms with E-state index in [4.69, 9.17) is 10.5 Å². The van der Waals surface area contributed by atoms with Crippen LogP contribution in [0.1, 0.15) is 0 Å². The molecule has 78 valence electrons. The molecule has 2 aromatic rings. The quantitative estimate of drug-likeness (QED) is 0.879. The highest BCUT2D eigenvalue weighted by atomic mass is 79.9. The number of nitrogens with two attached hydrogens (primary N) is 1. The van der Waals surface area contributed by atoms with Crippen molar-refractivity contribution >= 4 is 21.7 Å². The number of hydrogen-bond acceptors (Lipinski definition) is 3. The Morgan fingerprint density at radius 3 is 2.80 bits per heavy atom. The molecule has 1 aromatic heterocycles. The maximum absolute atomic E-state index is 5.55. The molecule has 0 atom stereocenters. The van der Waals surface area contributed by atoms with Gasteiger partial charge in [-0.1, -0.05) is 15.9 Å². The number of aromatic amines is 1. The molecule has 0 spiro atoms. The third kappa shape index (κ3) is 1.97. The fourth-order valence-electron chi connectivity index (χ4n) is 1.37. The molecule has 4 nitrogen and oxygen atoms in total. The Kier molecular flexibility index (Phi) is 2.64. The monoisotopic (exact) mass is 267 g/mol. The number of rotatable bonds is 2. The number of H-pyrrole nitrogens is 1. The van der Waals surface area contributed by atoms with Gasteiger partial charge in [-0.15, -0.1) is 0 Å². The normalized spacial score (nSPS) is 10.3. The van der Waals surface area contributed by atoms with Gasteiger partial charge < -0.3 is 10.5 Å². The number of methoxy groups -OCH3 is 1. The maximum atomic E-state index is 5.55. The number of benzene rings is 1. The Morgan fingerprint density at radius 1 is 1.40 bits per heavy atom. The maximum Gasteiger partial charge on any atom is 0.145 e. The molecule has 3 N–H and O–H groups in total. The van der Waals surface area contributed by atoms with E-state index >= 15 is 0 Å². The lowest BCUT2D eigenvalue weighted by Gasteiger charge is -2.06.